The fourth-order valence-electron chi connectivity index (χ4n) is 1.14. The Kier molecular flexibility index (Phi) is 2.66. The molecular formula is C10H13N5O. The van der Waals surface area contributed by atoms with E-state index in [9.17, 15) is 0 Å². The second-order valence-corrected chi connectivity index (χ2v) is 3.82. The van der Waals surface area contributed by atoms with E-state index in [0.717, 1.165) is 6.42 Å². The van der Waals surface area contributed by atoms with E-state index < -0.39 is 5.54 Å². The van der Waals surface area contributed by atoms with Crippen molar-refractivity contribution < 1.29 is 4.52 Å². The predicted octanol–water partition coefficient (Wildman–Crippen LogP) is 1.11. The third kappa shape index (κ3) is 1.92. The van der Waals surface area contributed by atoms with Crippen LogP contribution in [-0.4, -0.2) is 20.1 Å². The lowest BCUT2D eigenvalue weighted by atomic mass is 10.0. The summed E-state index contributed by atoms with van der Waals surface area (Å²) in [6.45, 7) is 3.84. The third-order valence-corrected chi connectivity index (χ3v) is 2.48. The Balaban J connectivity index is 2.34. The summed E-state index contributed by atoms with van der Waals surface area (Å²) in [5.41, 5.74) is 6.13. The SMILES string of the molecule is CCC(C)(N)c1noc(-c2cncnc2)n1. The highest BCUT2D eigenvalue weighted by atomic mass is 16.5. The highest BCUT2D eigenvalue weighted by Gasteiger charge is 2.25. The maximum Gasteiger partial charge on any atom is 0.261 e. The van der Waals surface area contributed by atoms with Crippen LogP contribution >= 0.6 is 0 Å². The van der Waals surface area contributed by atoms with Gasteiger partial charge in [-0.05, 0) is 13.3 Å². The normalized spacial score (nSPS) is 14.7. The first kappa shape index (κ1) is 10.7. The molecule has 6 heteroatoms. The molecule has 0 aliphatic carbocycles. The van der Waals surface area contributed by atoms with Crippen molar-refractivity contribution in [3.8, 4) is 11.5 Å². The van der Waals surface area contributed by atoms with Crippen LogP contribution in [0.3, 0.4) is 0 Å². The topological polar surface area (TPSA) is 90.7 Å². The summed E-state index contributed by atoms with van der Waals surface area (Å²) < 4.78 is 5.12. The second-order valence-electron chi connectivity index (χ2n) is 3.82. The minimum atomic E-state index is -0.572. The first-order valence-electron chi connectivity index (χ1n) is 5.02. The van der Waals surface area contributed by atoms with Gasteiger partial charge in [-0.1, -0.05) is 12.1 Å². The number of rotatable bonds is 3. The number of aromatic nitrogens is 4. The Morgan fingerprint density at radius 2 is 2.06 bits per heavy atom. The minimum absolute atomic E-state index is 0.390. The summed E-state index contributed by atoms with van der Waals surface area (Å²) in [6, 6.07) is 0. The maximum absolute atomic E-state index is 6.01. The van der Waals surface area contributed by atoms with Crippen LogP contribution in [-0.2, 0) is 5.54 Å². The summed E-state index contributed by atoms with van der Waals surface area (Å²) in [5, 5.41) is 3.87. The molecule has 0 amide bonds. The molecule has 0 bridgehead atoms. The first-order chi connectivity index (χ1) is 7.63. The van der Waals surface area contributed by atoms with Gasteiger partial charge >= 0.3 is 0 Å². The highest BCUT2D eigenvalue weighted by molar-refractivity contribution is 5.48. The summed E-state index contributed by atoms with van der Waals surface area (Å²) >= 11 is 0. The van der Waals surface area contributed by atoms with Crippen LogP contribution in [0.2, 0.25) is 0 Å². The molecule has 2 aromatic rings. The van der Waals surface area contributed by atoms with Gasteiger partial charge in [0.05, 0.1) is 11.1 Å². The monoisotopic (exact) mass is 219 g/mol. The van der Waals surface area contributed by atoms with E-state index in [1.54, 1.807) is 12.4 Å². The van der Waals surface area contributed by atoms with Crippen molar-refractivity contribution in [1.82, 2.24) is 20.1 Å². The Bertz CT molecular complexity index is 465. The van der Waals surface area contributed by atoms with Crippen molar-refractivity contribution in [2.24, 2.45) is 5.73 Å². The van der Waals surface area contributed by atoms with Gasteiger partial charge in [0, 0.05) is 12.4 Å². The molecule has 84 valence electrons. The molecule has 6 nitrogen and oxygen atoms in total. The Labute approximate surface area is 92.9 Å². The molecule has 2 aromatic heterocycles. The van der Waals surface area contributed by atoms with Gasteiger partial charge in [0.15, 0.2) is 5.82 Å². The Morgan fingerprint density at radius 1 is 1.38 bits per heavy atom. The van der Waals surface area contributed by atoms with Crippen LogP contribution in [0, 0.1) is 0 Å². The molecular weight excluding hydrogens is 206 g/mol. The zero-order chi connectivity index (χ0) is 11.6. The zero-order valence-electron chi connectivity index (χ0n) is 9.21. The van der Waals surface area contributed by atoms with Crippen LogP contribution in [0.15, 0.2) is 23.2 Å². The largest absolute Gasteiger partial charge is 0.334 e. The van der Waals surface area contributed by atoms with Gasteiger partial charge in [-0.2, -0.15) is 4.98 Å². The van der Waals surface area contributed by atoms with Gasteiger partial charge < -0.3 is 10.3 Å². The molecule has 16 heavy (non-hydrogen) atoms. The smallest absolute Gasteiger partial charge is 0.261 e. The molecule has 1 atom stereocenters. The molecule has 0 saturated heterocycles. The average molecular weight is 219 g/mol. The van der Waals surface area contributed by atoms with Gasteiger partial charge in [-0.3, -0.25) is 0 Å². The van der Waals surface area contributed by atoms with E-state index in [0.29, 0.717) is 17.3 Å². The number of nitrogens with two attached hydrogens (primary N) is 1. The summed E-state index contributed by atoms with van der Waals surface area (Å²) in [5.74, 6) is 0.884. The van der Waals surface area contributed by atoms with Crippen molar-refractivity contribution in [1.29, 1.82) is 0 Å². The quantitative estimate of drug-likeness (QED) is 0.831. The Hall–Kier alpha value is -1.82. The fraction of sp³-hybridized carbons (Fsp3) is 0.400. The van der Waals surface area contributed by atoms with Gasteiger partial charge in [0.2, 0.25) is 0 Å². The second kappa shape index (κ2) is 3.97. The van der Waals surface area contributed by atoms with Gasteiger partial charge in [0.25, 0.3) is 5.89 Å². The van der Waals surface area contributed by atoms with E-state index in [4.69, 9.17) is 10.3 Å². The van der Waals surface area contributed by atoms with E-state index in [1.165, 1.54) is 6.33 Å². The summed E-state index contributed by atoms with van der Waals surface area (Å²) in [6.07, 6.45) is 5.41. The molecule has 2 N–H and O–H groups in total. The third-order valence-electron chi connectivity index (χ3n) is 2.48. The fourth-order valence-corrected chi connectivity index (χ4v) is 1.14. The molecule has 0 radical (unpaired) electrons. The number of hydrogen-bond acceptors (Lipinski definition) is 6. The lowest BCUT2D eigenvalue weighted by Gasteiger charge is -2.16. The molecule has 0 aromatic carbocycles. The maximum atomic E-state index is 6.01. The van der Waals surface area contributed by atoms with Gasteiger partial charge in [0.1, 0.15) is 6.33 Å². The molecule has 0 aliphatic rings. The lowest BCUT2D eigenvalue weighted by Crippen LogP contribution is -2.33. The zero-order valence-corrected chi connectivity index (χ0v) is 9.21. The van der Waals surface area contributed by atoms with Crippen LogP contribution < -0.4 is 5.73 Å². The molecule has 1 unspecified atom stereocenters. The van der Waals surface area contributed by atoms with Gasteiger partial charge in [-0.15, -0.1) is 0 Å². The summed E-state index contributed by atoms with van der Waals surface area (Å²) in [4.78, 5) is 12.0. The average Bonchev–Trinajstić information content (AvgIpc) is 2.80. The first-order valence-corrected chi connectivity index (χ1v) is 5.02. The van der Waals surface area contributed by atoms with Crippen LogP contribution in [0.4, 0.5) is 0 Å². The van der Waals surface area contributed by atoms with Crippen molar-refractivity contribution in [3.63, 3.8) is 0 Å². The van der Waals surface area contributed by atoms with E-state index in [2.05, 4.69) is 20.1 Å². The van der Waals surface area contributed by atoms with Crippen molar-refractivity contribution in [3.05, 3.63) is 24.5 Å². The minimum Gasteiger partial charge on any atom is -0.334 e. The van der Waals surface area contributed by atoms with Crippen LogP contribution in [0.25, 0.3) is 11.5 Å². The van der Waals surface area contributed by atoms with Crippen molar-refractivity contribution in [2.75, 3.05) is 0 Å². The van der Waals surface area contributed by atoms with Crippen molar-refractivity contribution >= 4 is 0 Å². The lowest BCUT2D eigenvalue weighted by molar-refractivity contribution is 0.379. The number of hydrogen-bond donors (Lipinski definition) is 1. The van der Waals surface area contributed by atoms with Gasteiger partial charge in [-0.25, -0.2) is 9.97 Å². The Morgan fingerprint density at radius 3 is 2.69 bits per heavy atom. The molecule has 2 heterocycles. The van der Waals surface area contributed by atoms with Crippen LogP contribution in [0.1, 0.15) is 26.1 Å². The molecule has 0 fully saturated rings. The van der Waals surface area contributed by atoms with E-state index in [-0.39, 0.29) is 0 Å². The predicted molar refractivity (Wildman–Crippen MR) is 57.2 cm³/mol. The van der Waals surface area contributed by atoms with Crippen molar-refractivity contribution in [2.45, 2.75) is 25.8 Å². The molecule has 0 aliphatic heterocycles. The molecule has 2 rings (SSSR count). The molecule has 0 spiro atoms. The molecule has 0 saturated carbocycles. The number of nitrogens with zero attached hydrogens (tertiary/aromatic N) is 4. The summed E-state index contributed by atoms with van der Waals surface area (Å²) in [7, 11) is 0. The van der Waals surface area contributed by atoms with Crippen LogP contribution in [0.5, 0.6) is 0 Å². The van der Waals surface area contributed by atoms with E-state index in [1.807, 2.05) is 13.8 Å². The standard InChI is InChI=1S/C10H13N5O/c1-3-10(2,11)9-14-8(16-15-9)7-4-12-6-13-5-7/h4-6H,3,11H2,1-2H3. The van der Waals surface area contributed by atoms with E-state index >= 15 is 0 Å². The highest BCUT2D eigenvalue weighted by Crippen LogP contribution is 2.21.